The molecule has 4 N–H and O–H groups in total. The number of nitrogen functional groups attached to an aromatic ring is 1. The van der Waals surface area contributed by atoms with E-state index in [1.54, 1.807) is 12.1 Å². The molecule has 0 saturated heterocycles. The highest BCUT2D eigenvalue weighted by atomic mass is 35.5. The number of benzene rings is 2. The predicted octanol–water partition coefficient (Wildman–Crippen LogP) is 3.13. The number of carbonyl (C=O) groups excluding carboxylic acids is 2. The third-order valence-corrected chi connectivity index (χ3v) is 4.54. The third-order valence-electron chi connectivity index (χ3n) is 4.54. The summed E-state index contributed by atoms with van der Waals surface area (Å²) in [4.78, 5) is 23.5. The van der Waals surface area contributed by atoms with Crippen molar-refractivity contribution in [2.24, 2.45) is 0 Å². The van der Waals surface area contributed by atoms with Crippen LogP contribution < -0.4 is 16.4 Å². The minimum atomic E-state index is -0.0826. The fourth-order valence-corrected chi connectivity index (χ4v) is 3.23. The minimum absolute atomic E-state index is 0. The number of carbonyl (C=O) groups is 2. The number of nitrogens with two attached hydrogens (primary N) is 1. The Hall–Kier alpha value is -2.53. The zero-order chi connectivity index (χ0) is 17.8. The average Bonchev–Trinajstić information content (AvgIpc) is 2.60. The normalized spacial score (nSPS) is 15.3. The van der Waals surface area contributed by atoms with Gasteiger partial charge in [0.25, 0.3) is 5.91 Å². The van der Waals surface area contributed by atoms with Crippen LogP contribution in [0.1, 0.15) is 52.9 Å². The smallest absolute Gasteiger partial charge is 0.251 e. The Kier molecular flexibility index (Phi) is 6.64. The summed E-state index contributed by atoms with van der Waals surface area (Å²) >= 11 is 0. The van der Waals surface area contributed by atoms with Gasteiger partial charge in [-0.1, -0.05) is 18.2 Å². The third kappa shape index (κ3) is 4.76. The van der Waals surface area contributed by atoms with Gasteiger partial charge in [0, 0.05) is 24.7 Å². The number of hydrogen-bond donors (Lipinski definition) is 3. The Morgan fingerprint density at radius 3 is 2.58 bits per heavy atom. The lowest BCUT2D eigenvalue weighted by Gasteiger charge is -2.26. The number of amides is 2. The summed E-state index contributed by atoms with van der Waals surface area (Å²) in [6.45, 7) is 1.95. The maximum atomic E-state index is 12.6. The zero-order valence-electron chi connectivity index (χ0n) is 14.7. The first kappa shape index (κ1) is 19.8. The number of aryl methyl sites for hydroxylation is 1. The van der Waals surface area contributed by atoms with Crippen LogP contribution in [0.4, 0.5) is 5.69 Å². The number of hydrogen-bond acceptors (Lipinski definition) is 3. The topological polar surface area (TPSA) is 84.2 Å². The molecule has 3 rings (SSSR count). The monoisotopic (exact) mass is 373 g/mol. The molecule has 2 amide bonds. The molecule has 1 atom stereocenters. The van der Waals surface area contributed by atoms with Crippen molar-refractivity contribution < 1.29 is 9.59 Å². The Labute approximate surface area is 159 Å². The second-order valence-corrected chi connectivity index (χ2v) is 6.48. The highest BCUT2D eigenvalue weighted by Crippen LogP contribution is 2.31. The van der Waals surface area contributed by atoms with Crippen molar-refractivity contribution in [1.29, 1.82) is 0 Å². The van der Waals surface area contributed by atoms with Gasteiger partial charge >= 0.3 is 0 Å². The van der Waals surface area contributed by atoms with Crippen molar-refractivity contribution >= 4 is 29.9 Å². The summed E-state index contributed by atoms with van der Waals surface area (Å²) in [6.07, 6.45) is 2.98. The van der Waals surface area contributed by atoms with Gasteiger partial charge in [-0.3, -0.25) is 9.59 Å². The molecule has 1 aliphatic rings. The Balaban J connectivity index is 0.00000243. The molecule has 0 spiro atoms. The van der Waals surface area contributed by atoms with Crippen molar-refractivity contribution in [3.63, 3.8) is 0 Å². The van der Waals surface area contributed by atoms with Crippen LogP contribution in [-0.2, 0) is 17.8 Å². The lowest BCUT2D eigenvalue weighted by molar-refractivity contribution is -0.119. The number of fused-ring (bicyclic) bond motifs is 1. The largest absolute Gasteiger partial charge is 0.399 e. The molecule has 0 fully saturated rings. The first-order valence-electron chi connectivity index (χ1n) is 8.55. The predicted molar refractivity (Wildman–Crippen MR) is 105 cm³/mol. The van der Waals surface area contributed by atoms with Gasteiger partial charge in [-0.25, -0.2) is 0 Å². The summed E-state index contributed by atoms with van der Waals surface area (Å²) in [6, 6.07) is 13.2. The highest BCUT2D eigenvalue weighted by Gasteiger charge is 2.22. The molecular weight excluding hydrogens is 350 g/mol. The molecule has 1 aliphatic carbocycles. The van der Waals surface area contributed by atoms with Gasteiger partial charge in [-0.05, 0) is 60.2 Å². The van der Waals surface area contributed by atoms with Crippen LogP contribution in [0.25, 0.3) is 0 Å². The van der Waals surface area contributed by atoms with E-state index in [-0.39, 0.29) is 30.3 Å². The van der Waals surface area contributed by atoms with Gasteiger partial charge in [0.15, 0.2) is 0 Å². The quantitative estimate of drug-likeness (QED) is 0.720. The van der Waals surface area contributed by atoms with E-state index in [0.29, 0.717) is 12.1 Å². The van der Waals surface area contributed by atoms with Crippen LogP contribution in [0.2, 0.25) is 0 Å². The van der Waals surface area contributed by atoms with Gasteiger partial charge < -0.3 is 16.4 Å². The highest BCUT2D eigenvalue weighted by molar-refractivity contribution is 5.94. The summed E-state index contributed by atoms with van der Waals surface area (Å²) in [5.41, 5.74) is 10.6. The van der Waals surface area contributed by atoms with Crippen LogP contribution in [0.15, 0.2) is 42.5 Å². The minimum Gasteiger partial charge on any atom is -0.399 e. The molecule has 5 nitrogen and oxygen atoms in total. The van der Waals surface area contributed by atoms with Crippen LogP contribution in [-0.4, -0.2) is 11.8 Å². The van der Waals surface area contributed by atoms with Crippen LogP contribution in [0, 0.1) is 0 Å². The van der Waals surface area contributed by atoms with Gasteiger partial charge in [0.1, 0.15) is 0 Å². The summed E-state index contributed by atoms with van der Waals surface area (Å²) < 4.78 is 0. The number of rotatable bonds is 4. The molecule has 0 radical (unpaired) electrons. The molecule has 0 saturated carbocycles. The summed E-state index contributed by atoms with van der Waals surface area (Å²) in [5.74, 6) is -0.154. The van der Waals surface area contributed by atoms with E-state index in [4.69, 9.17) is 5.73 Å². The number of halogens is 1. The Morgan fingerprint density at radius 1 is 1.15 bits per heavy atom. The van der Waals surface area contributed by atoms with Crippen LogP contribution in [0.5, 0.6) is 0 Å². The fourth-order valence-electron chi connectivity index (χ4n) is 3.23. The molecule has 6 heteroatoms. The van der Waals surface area contributed by atoms with Crippen molar-refractivity contribution in [3.8, 4) is 0 Å². The summed E-state index contributed by atoms with van der Waals surface area (Å²) in [5, 5.41) is 5.87. The van der Waals surface area contributed by atoms with E-state index in [1.165, 1.54) is 12.5 Å². The van der Waals surface area contributed by atoms with Crippen LogP contribution in [0.3, 0.4) is 0 Å². The second kappa shape index (κ2) is 8.72. The van der Waals surface area contributed by atoms with E-state index in [0.717, 1.165) is 36.1 Å². The number of nitrogens with one attached hydrogen (secondary N) is 2. The van der Waals surface area contributed by atoms with Gasteiger partial charge in [-0.2, -0.15) is 0 Å². The first-order chi connectivity index (χ1) is 12.0. The lowest BCUT2D eigenvalue weighted by Crippen LogP contribution is -2.31. The van der Waals surface area contributed by atoms with Crippen molar-refractivity contribution in [3.05, 3.63) is 64.7 Å². The molecular formula is C20H24ClN3O2. The zero-order valence-corrected chi connectivity index (χ0v) is 15.6. The molecule has 1 unspecified atom stereocenters. The molecule has 26 heavy (non-hydrogen) atoms. The average molecular weight is 374 g/mol. The van der Waals surface area contributed by atoms with Crippen molar-refractivity contribution in [2.75, 3.05) is 5.73 Å². The van der Waals surface area contributed by atoms with Crippen LogP contribution >= 0.6 is 12.4 Å². The Bertz CT molecular complexity index is 790. The van der Waals surface area contributed by atoms with E-state index >= 15 is 0 Å². The van der Waals surface area contributed by atoms with Gasteiger partial charge in [0.2, 0.25) is 5.91 Å². The van der Waals surface area contributed by atoms with E-state index in [2.05, 4.69) is 10.6 Å². The number of anilines is 1. The molecule has 0 aliphatic heterocycles. The molecule has 2 aromatic carbocycles. The van der Waals surface area contributed by atoms with Gasteiger partial charge in [0.05, 0.1) is 6.04 Å². The first-order valence-corrected chi connectivity index (χ1v) is 8.55. The molecule has 2 aromatic rings. The van der Waals surface area contributed by atoms with E-state index in [1.807, 2.05) is 30.3 Å². The molecule has 0 heterocycles. The SMILES string of the molecule is CC(=O)NCc1ccc(C(=O)NC2CCCc3cc(N)ccc32)cc1.Cl. The van der Waals surface area contributed by atoms with Crippen molar-refractivity contribution in [2.45, 2.75) is 38.8 Å². The summed E-state index contributed by atoms with van der Waals surface area (Å²) in [7, 11) is 0. The van der Waals surface area contributed by atoms with Gasteiger partial charge in [-0.15, -0.1) is 12.4 Å². The van der Waals surface area contributed by atoms with Crippen molar-refractivity contribution in [1.82, 2.24) is 10.6 Å². The molecule has 0 aromatic heterocycles. The van der Waals surface area contributed by atoms with E-state index in [9.17, 15) is 9.59 Å². The molecule has 0 bridgehead atoms. The Morgan fingerprint density at radius 2 is 1.88 bits per heavy atom. The molecule has 138 valence electrons. The maximum absolute atomic E-state index is 12.6. The standard InChI is InChI=1S/C20H23N3O2.ClH/c1-13(24)22-12-14-5-7-15(8-6-14)20(25)23-19-4-2-3-16-11-17(21)9-10-18(16)19;/h5-11,19H,2-4,12,21H2,1H3,(H,22,24)(H,23,25);1H. The van der Waals surface area contributed by atoms with E-state index < -0.39 is 0 Å². The second-order valence-electron chi connectivity index (χ2n) is 6.48. The fraction of sp³-hybridized carbons (Fsp3) is 0.300. The maximum Gasteiger partial charge on any atom is 0.251 e. The lowest BCUT2D eigenvalue weighted by atomic mass is 9.87.